The Morgan fingerprint density at radius 2 is 1.73 bits per heavy atom. The van der Waals surface area contributed by atoms with Gasteiger partial charge < -0.3 is 34.2 Å². The van der Waals surface area contributed by atoms with Crippen LogP contribution in [0.5, 0.6) is 0 Å². The minimum atomic E-state index is -0.894. The fourth-order valence-electron chi connectivity index (χ4n) is 6.68. The minimum absolute atomic E-state index is 0. The maximum Gasteiger partial charge on any atom is 0.410 e. The molecule has 4 heterocycles. The summed E-state index contributed by atoms with van der Waals surface area (Å²) < 4.78 is 28.6. The Kier molecular flexibility index (Phi) is 14.2. The molecule has 0 aliphatic carbocycles. The maximum atomic E-state index is 15.0. The fraction of sp³-hybridized carbons (Fsp3) is 0.579. The zero-order valence-corrected chi connectivity index (χ0v) is 29.6. The summed E-state index contributed by atoms with van der Waals surface area (Å²) in [5, 5.41) is 14.8. The molecule has 0 unspecified atom stereocenters. The van der Waals surface area contributed by atoms with Gasteiger partial charge in [0, 0.05) is 76.4 Å². The third-order valence-electron chi connectivity index (χ3n) is 9.86. The van der Waals surface area contributed by atoms with Crippen molar-refractivity contribution in [2.45, 2.75) is 72.3 Å². The van der Waals surface area contributed by atoms with Crippen molar-refractivity contribution in [3.63, 3.8) is 0 Å². The lowest BCUT2D eigenvalue weighted by Crippen LogP contribution is -2.49. The first-order valence-corrected chi connectivity index (χ1v) is 17.6. The van der Waals surface area contributed by atoms with Gasteiger partial charge in [-0.05, 0) is 74.2 Å². The number of aliphatic hydroxyl groups excluding tert-OH is 1. The molecule has 5 rings (SSSR count). The molecule has 5 atom stereocenters. The van der Waals surface area contributed by atoms with Gasteiger partial charge in [-0.15, -0.1) is 0 Å². The van der Waals surface area contributed by atoms with Gasteiger partial charge in [0.2, 0.25) is 5.91 Å². The number of carbonyl (C=O) groups excluding carboxylic acids is 3. The summed E-state index contributed by atoms with van der Waals surface area (Å²) in [7, 11) is 2.03. The Balaban J connectivity index is 0.00000583. The number of ether oxygens (including phenoxy) is 2. The van der Waals surface area contributed by atoms with E-state index in [1.54, 1.807) is 32.9 Å². The summed E-state index contributed by atoms with van der Waals surface area (Å²) in [6.07, 6.45) is 7.28. The highest BCUT2D eigenvalue weighted by atomic mass is 19.1. The first kappa shape index (κ1) is 39.6. The van der Waals surface area contributed by atoms with E-state index < -0.39 is 30.1 Å². The van der Waals surface area contributed by atoms with Crippen LogP contribution in [0.3, 0.4) is 0 Å². The summed E-state index contributed by atoms with van der Waals surface area (Å²) in [5.41, 5.74) is 2.02. The number of piperazine rings is 2. The highest BCUT2D eigenvalue weighted by Crippen LogP contribution is 2.28. The average molecular weight is 711 g/mol. The molecule has 280 valence electrons. The van der Waals surface area contributed by atoms with E-state index in [-0.39, 0.29) is 44.2 Å². The highest BCUT2D eigenvalue weighted by Gasteiger charge is 2.29. The van der Waals surface area contributed by atoms with E-state index in [2.05, 4.69) is 14.9 Å². The number of carbonyl (C=O) groups is 3. The molecule has 1 aromatic heterocycles. The van der Waals surface area contributed by atoms with Crippen LogP contribution in [0, 0.1) is 17.7 Å². The van der Waals surface area contributed by atoms with Gasteiger partial charge in [0.15, 0.2) is 0 Å². The predicted molar refractivity (Wildman–Crippen MR) is 194 cm³/mol. The normalized spacial score (nSPS) is 26.3. The molecule has 3 aliphatic heterocycles. The van der Waals surface area contributed by atoms with E-state index in [9.17, 15) is 19.5 Å². The number of aliphatic hydroxyl groups is 1. The van der Waals surface area contributed by atoms with Crippen LogP contribution in [0.15, 0.2) is 54.4 Å². The quantitative estimate of drug-likeness (QED) is 0.343. The second kappa shape index (κ2) is 18.3. The lowest BCUT2D eigenvalue weighted by Gasteiger charge is -2.36. The summed E-state index contributed by atoms with van der Waals surface area (Å²) in [6, 6.07) is 6.60. The van der Waals surface area contributed by atoms with Gasteiger partial charge in [0.25, 0.3) is 0 Å². The van der Waals surface area contributed by atoms with E-state index in [0.29, 0.717) is 68.9 Å². The molecule has 1 aromatic carbocycles. The maximum absolute atomic E-state index is 15.0. The molecule has 1 N–H and O–H groups in total. The van der Waals surface area contributed by atoms with E-state index in [0.717, 1.165) is 13.1 Å². The molecular formula is C38H55FN6O6. The molecule has 0 radical (unpaired) electrons. The Labute approximate surface area is 301 Å². The molecule has 12 nitrogen and oxygen atoms in total. The van der Waals surface area contributed by atoms with Crippen molar-refractivity contribution in [3.8, 4) is 0 Å². The van der Waals surface area contributed by atoms with E-state index in [4.69, 9.17) is 9.47 Å². The van der Waals surface area contributed by atoms with Gasteiger partial charge >= 0.3 is 12.1 Å². The second-order valence-electron chi connectivity index (χ2n) is 13.9. The van der Waals surface area contributed by atoms with Crippen molar-refractivity contribution in [2.75, 3.05) is 64.3 Å². The highest BCUT2D eigenvalue weighted by molar-refractivity contribution is 5.76. The lowest BCUT2D eigenvalue weighted by atomic mass is 9.91. The molecule has 2 saturated heterocycles. The molecule has 2 aromatic rings. The number of hydrogen-bond acceptors (Lipinski definition) is 9. The third-order valence-corrected chi connectivity index (χ3v) is 9.86. The van der Waals surface area contributed by atoms with Gasteiger partial charge in [0.1, 0.15) is 24.6 Å². The van der Waals surface area contributed by atoms with Crippen LogP contribution < -0.4 is 4.90 Å². The van der Waals surface area contributed by atoms with Crippen molar-refractivity contribution in [1.82, 2.24) is 24.5 Å². The zero-order valence-electron chi connectivity index (χ0n) is 29.6. The number of likely N-dealkylation sites (N-methyl/N-ethyl adjacent to an activating group) is 1. The topological polar surface area (TPSA) is 121 Å². The van der Waals surface area contributed by atoms with Crippen molar-refractivity contribution in [2.24, 2.45) is 11.8 Å². The molecule has 13 heteroatoms. The number of cyclic esters (lactones) is 1. The molecule has 3 aliphatic rings. The number of esters is 1. The number of nitrogens with zero attached hydrogens (tertiary/aromatic N) is 6. The Morgan fingerprint density at radius 1 is 1.02 bits per heavy atom. The summed E-state index contributed by atoms with van der Waals surface area (Å²) in [6.45, 7) is 10.8. The van der Waals surface area contributed by atoms with Crippen LogP contribution in [-0.2, 0) is 25.6 Å². The number of anilines is 1. The first-order valence-electron chi connectivity index (χ1n) is 17.6. The van der Waals surface area contributed by atoms with Gasteiger partial charge in [-0.2, -0.15) is 5.10 Å². The summed E-state index contributed by atoms with van der Waals surface area (Å²) in [4.78, 5) is 46.6. The molecular weight excluding hydrogens is 655 g/mol. The second-order valence-corrected chi connectivity index (χ2v) is 13.9. The fourth-order valence-corrected chi connectivity index (χ4v) is 6.68. The Morgan fingerprint density at radius 3 is 2.41 bits per heavy atom. The number of hydrogen-bond donors (Lipinski definition) is 1. The van der Waals surface area contributed by atoms with Crippen LogP contribution in [0.2, 0.25) is 0 Å². The van der Waals surface area contributed by atoms with Crippen LogP contribution in [-0.4, -0.2) is 125 Å². The number of aromatic nitrogens is 2. The van der Waals surface area contributed by atoms with Crippen LogP contribution in [0.4, 0.5) is 14.9 Å². The van der Waals surface area contributed by atoms with Gasteiger partial charge in [-0.1, -0.05) is 33.4 Å². The van der Waals surface area contributed by atoms with Gasteiger partial charge in [-0.3, -0.25) is 14.3 Å². The van der Waals surface area contributed by atoms with Crippen LogP contribution >= 0.6 is 0 Å². The molecule has 0 bridgehead atoms. The molecule has 2 amide bonds. The molecule has 0 spiro atoms. The number of amides is 2. The Bertz CT molecular complexity index is 1520. The smallest absolute Gasteiger partial charge is 0.410 e. The molecule has 51 heavy (non-hydrogen) atoms. The van der Waals surface area contributed by atoms with Crippen LogP contribution in [0.25, 0.3) is 6.08 Å². The minimum Gasteiger partial charge on any atom is -0.457 e. The summed E-state index contributed by atoms with van der Waals surface area (Å²) >= 11 is 0. The lowest BCUT2D eigenvalue weighted by molar-refractivity contribution is -0.151. The van der Waals surface area contributed by atoms with Gasteiger partial charge in [-0.25, -0.2) is 9.18 Å². The Hall–Kier alpha value is -4.23. The van der Waals surface area contributed by atoms with Crippen LogP contribution in [0.1, 0.15) is 53.0 Å². The largest absolute Gasteiger partial charge is 0.457 e. The number of halogens is 1. The first-order chi connectivity index (χ1) is 23.9. The SMILES string of the molecule is C.C/C(=C\c1cc(F)cc(N2CCN(C(=O)Cn3cccn3)CC2)c1)[C@H]1OC(=O)C[C@H](O)CC[C@H](C)[C@@H](OC(=O)N2CCN(C)CC2)/C=C/[C@@H]1C. The third kappa shape index (κ3) is 11.1. The zero-order chi connectivity index (χ0) is 35.8. The molecule has 2 fully saturated rings. The molecule has 0 saturated carbocycles. The number of benzene rings is 1. The number of rotatable bonds is 6. The monoisotopic (exact) mass is 710 g/mol. The van der Waals surface area contributed by atoms with Crippen molar-refractivity contribution in [3.05, 3.63) is 65.8 Å². The predicted octanol–water partition coefficient (Wildman–Crippen LogP) is 4.45. The van der Waals surface area contributed by atoms with Gasteiger partial charge in [0.05, 0.1) is 12.5 Å². The van der Waals surface area contributed by atoms with Crippen molar-refractivity contribution in [1.29, 1.82) is 0 Å². The van der Waals surface area contributed by atoms with E-state index >= 15 is 4.39 Å². The standard InChI is InChI=1S/C37H51FN6O6.CH4/c1-26-6-8-32(45)24-35(47)50-36(27(2)7-9-33(26)49-37(48)43-14-12-40(4)13-15-43)28(3)20-29-21-30(38)23-31(22-29)41-16-18-42(19-17-41)34(46)25-44-11-5-10-39-44;/h5,7,9-11,20-23,26-27,32-33,36,45H,6,8,12-19,24-25H2,1-4H3;1H4/b9-7+,28-20+;/t26-,27-,32+,33-,36-;/m0./s1. The van der Waals surface area contributed by atoms with Crippen molar-refractivity contribution < 1.29 is 33.4 Å². The summed E-state index contributed by atoms with van der Waals surface area (Å²) in [5.74, 6) is -1.32. The average Bonchev–Trinajstić information content (AvgIpc) is 3.60. The van der Waals surface area contributed by atoms with Crippen molar-refractivity contribution >= 4 is 29.7 Å². The van der Waals surface area contributed by atoms with E-state index in [1.165, 1.54) is 12.1 Å². The van der Waals surface area contributed by atoms with E-state index in [1.807, 2.05) is 52.1 Å².